The Morgan fingerprint density at radius 2 is 1.47 bits per heavy atom. The predicted octanol–water partition coefficient (Wildman–Crippen LogP) is 3.64. The third kappa shape index (κ3) is 7.83. The summed E-state index contributed by atoms with van der Waals surface area (Å²) in [5, 5.41) is 2.55. The molecule has 0 heterocycles. The van der Waals surface area contributed by atoms with E-state index < -0.39 is 29.7 Å². The van der Waals surface area contributed by atoms with Gasteiger partial charge in [0.25, 0.3) is 5.91 Å². The Balaban J connectivity index is 1.74. The van der Waals surface area contributed by atoms with E-state index in [0.717, 1.165) is 11.1 Å². The standard InChI is InChI=1S/C22H27N3O5/c1-15(23-20(27)30-22(2,3)4)14-29-21(28)25-24-19(26)18-12-10-17(11-13-18)16-8-6-5-7-9-16/h5-13,15H,14H2,1-4H3,(H,23,27)(H,24,26)(H,25,28). The number of benzene rings is 2. The van der Waals surface area contributed by atoms with Crippen molar-refractivity contribution in [2.45, 2.75) is 39.3 Å². The Bertz CT molecular complexity index is 861. The second kappa shape index (κ2) is 10.3. The van der Waals surface area contributed by atoms with E-state index in [2.05, 4.69) is 16.2 Å². The molecule has 0 fully saturated rings. The predicted molar refractivity (Wildman–Crippen MR) is 113 cm³/mol. The Morgan fingerprint density at radius 1 is 0.867 bits per heavy atom. The highest BCUT2D eigenvalue weighted by Gasteiger charge is 2.18. The van der Waals surface area contributed by atoms with Crippen molar-refractivity contribution in [2.75, 3.05) is 6.61 Å². The molecule has 0 radical (unpaired) electrons. The Hall–Kier alpha value is -3.55. The van der Waals surface area contributed by atoms with E-state index in [1.54, 1.807) is 39.8 Å². The Labute approximate surface area is 175 Å². The fraction of sp³-hybridized carbons (Fsp3) is 0.318. The summed E-state index contributed by atoms with van der Waals surface area (Å²) in [4.78, 5) is 35.6. The lowest BCUT2D eigenvalue weighted by Gasteiger charge is -2.21. The van der Waals surface area contributed by atoms with Crippen LogP contribution in [0.4, 0.5) is 9.59 Å². The maximum atomic E-state index is 12.2. The van der Waals surface area contributed by atoms with E-state index >= 15 is 0 Å². The van der Waals surface area contributed by atoms with Crippen LogP contribution in [-0.2, 0) is 9.47 Å². The van der Waals surface area contributed by atoms with Gasteiger partial charge in [-0.25, -0.2) is 15.0 Å². The van der Waals surface area contributed by atoms with Gasteiger partial charge < -0.3 is 14.8 Å². The van der Waals surface area contributed by atoms with Crippen molar-refractivity contribution in [3.63, 3.8) is 0 Å². The SMILES string of the molecule is CC(COC(=O)NNC(=O)c1ccc(-c2ccccc2)cc1)NC(=O)OC(C)(C)C. The highest BCUT2D eigenvalue weighted by atomic mass is 16.6. The van der Waals surface area contributed by atoms with Crippen LogP contribution in [0.25, 0.3) is 11.1 Å². The van der Waals surface area contributed by atoms with Crippen LogP contribution in [0.15, 0.2) is 54.6 Å². The van der Waals surface area contributed by atoms with Crippen LogP contribution >= 0.6 is 0 Å². The number of hydrazine groups is 1. The van der Waals surface area contributed by atoms with Crippen molar-refractivity contribution in [2.24, 2.45) is 0 Å². The van der Waals surface area contributed by atoms with Crippen molar-refractivity contribution in [1.29, 1.82) is 0 Å². The molecule has 2 aromatic rings. The van der Waals surface area contributed by atoms with E-state index in [-0.39, 0.29) is 6.61 Å². The van der Waals surface area contributed by atoms with Gasteiger partial charge in [0, 0.05) is 5.56 Å². The van der Waals surface area contributed by atoms with Gasteiger partial charge >= 0.3 is 12.2 Å². The van der Waals surface area contributed by atoms with Gasteiger partial charge in [0.15, 0.2) is 0 Å². The molecule has 160 valence electrons. The van der Waals surface area contributed by atoms with E-state index in [9.17, 15) is 14.4 Å². The number of nitrogens with one attached hydrogen (secondary N) is 3. The minimum absolute atomic E-state index is 0.0906. The first kappa shape index (κ1) is 22.7. The number of hydrogen-bond donors (Lipinski definition) is 3. The topological polar surface area (TPSA) is 106 Å². The molecule has 0 spiro atoms. The zero-order valence-corrected chi connectivity index (χ0v) is 17.5. The van der Waals surface area contributed by atoms with E-state index in [1.165, 1.54) is 0 Å². The number of alkyl carbamates (subject to hydrolysis) is 1. The number of hydrogen-bond acceptors (Lipinski definition) is 5. The Kier molecular flexibility index (Phi) is 7.80. The van der Waals surface area contributed by atoms with Gasteiger partial charge in [0.2, 0.25) is 0 Å². The molecule has 3 amide bonds. The molecule has 0 aromatic heterocycles. The first-order chi connectivity index (χ1) is 14.1. The number of carbonyl (C=O) groups is 3. The average molecular weight is 413 g/mol. The number of ether oxygens (including phenoxy) is 2. The van der Waals surface area contributed by atoms with Crippen molar-refractivity contribution in [3.8, 4) is 11.1 Å². The lowest BCUT2D eigenvalue weighted by atomic mass is 10.0. The lowest BCUT2D eigenvalue weighted by Crippen LogP contribution is -2.44. The summed E-state index contributed by atoms with van der Waals surface area (Å²) in [5.74, 6) is -0.480. The van der Waals surface area contributed by atoms with Gasteiger partial charge in [-0.1, -0.05) is 42.5 Å². The quantitative estimate of drug-likeness (QED) is 0.649. The van der Waals surface area contributed by atoms with Crippen LogP contribution in [-0.4, -0.2) is 36.3 Å². The van der Waals surface area contributed by atoms with Crippen molar-refractivity contribution in [1.82, 2.24) is 16.2 Å². The van der Waals surface area contributed by atoms with Crippen LogP contribution in [0, 0.1) is 0 Å². The molecule has 0 aliphatic heterocycles. The molecule has 8 heteroatoms. The third-order valence-corrected chi connectivity index (χ3v) is 3.76. The second-order valence-electron chi connectivity index (χ2n) is 7.67. The highest BCUT2D eigenvalue weighted by molar-refractivity contribution is 5.95. The van der Waals surface area contributed by atoms with Crippen LogP contribution in [0.3, 0.4) is 0 Å². The number of carbonyl (C=O) groups excluding carboxylic acids is 3. The summed E-state index contributed by atoms with van der Waals surface area (Å²) < 4.78 is 10.1. The third-order valence-electron chi connectivity index (χ3n) is 3.76. The fourth-order valence-corrected chi connectivity index (χ4v) is 2.41. The zero-order chi connectivity index (χ0) is 22.1. The summed E-state index contributed by atoms with van der Waals surface area (Å²) in [6.07, 6.45) is -1.45. The van der Waals surface area contributed by atoms with E-state index in [1.807, 2.05) is 42.5 Å². The molecule has 2 aromatic carbocycles. The van der Waals surface area contributed by atoms with Gasteiger partial charge in [0.1, 0.15) is 12.2 Å². The summed E-state index contributed by atoms with van der Waals surface area (Å²) in [6.45, 7) is 6.81. The molecule has 0 saturated carbocycles. The monoisotopic (exact) mass is 413 g/mol. The van der Waals surface area contributed by atoms with Crippen molar-refractivity contribution in [3.05, 3.63) is 60.2 Å². The second-order valence-corrected chi connectivity index (χ2v) is 7.67. The lowest BCUT2D eigenvalue weighted by molar-refractivity contribution is 0.0478. The Morgan fingerprint density at radius 3 is 2.07 bits per heavy atom. The molecule has 1 unspecified atom stereocenters. The molecular formula is C22H27N3O5. The highest BCUT2D eigenvalue weighted by Crippen LogP contribution is 2.19. The first-order valence-corrected chi connectivity index (χ1v) is 9.52. The largest absolute Gasteiger partial charge is 0.446 e. The summed E-state index contributed by atoms with van der Waals surface area (Å²) in [5.41, 5.74) is 6.23. The molecule has 30 heavy (non-hydrogen) atoms. The first-order valence-electron chi connectivity index (χ1n) is 9.52. The number of rotatable bonds is 5. The summed E-state index contributed by atoms with van der Waals surface area (Å²) >= 11 is 0. The molecule has 0 saturated heterocycles. The van der Waals surface area contributed by atoms with Gasteiger partial charge in [-0.15, -0.1) is 0 Å². The molecule has 8 nitrogen and oxygen atoms in total. The van der Waals surface area contributed by atoms with Crippen LogP contribution < -0.4 is 16.2 Å². The van der Waals surface area contributed by atoms with Crippen LogP contribution in [0.2, 0.25) is 0 Å². The normalized spacial score (nSPS) is 11.7. The van der Waals surface area contributed by atoms with Gasteiger partial charge in [-0.2, -0.15) is 0 Å². The van der Waals surface area contributed by atoms with Gasteiger partial charge in [-0.05, 0) is 51.0 Å². The van der Waals surface area contributed by atoms with E-state index in [4.69, 9.17) is 9.47 Å². The minimum Gasteiger partial charge on any atom is -0.446 e. The van der Waals surface area contributed by atoms with Crippen molar-refractivity contribution >= 4 is 18.1 Å². The van der Waals surface area contributed by atoms with Crippen LogP contribution in [0.1, 0.15) is 38.1 Å². The van der Waals surface area contributed by atoms with Crippen molar-refractivity contribution < 1.29 is 23.9 Å². The maximum Gasteiger partial charge on any atom is 0.426 e. The maximum absolute atomic E-state index is 12.2. The molecule has 0 aliphatic rings. The van der Waals surface area contributed by atoms with Gasteiger partial charge in [0.05, 0.1) is 6.04 Å². The van der Waals surface area contributed by atoms with Gasteiger partial charge in [-0.3, -0.25) is 10.2 Å². The smallest absolute Gasteiger partial charge is 0.426 e. The molecule has 3 N–H and O–H groups in total. The zero-order valence-electron chi connectivity index (χ0n) is 17.5. The molecule has 0 aliphatic carbocycles. The molecule has 0 bridgehead atoms. The minimum atomic E-state index is -0.845. The summed E-state index contributed by atoms with van der Waals surface area (Å²) in [7, 11) is 0. The van der Waals surface area contributed by atoms with E-state index in [0.29, 0.717) is 5.56 Å². The molecule has 1 atom stereocenters. The average Bonchev–Trinajstić information content (AvgIpc) is 2.69. The molecule has 2 rings (SSSR count). The molecular weight excluding hydrogens is 386 g/mol. The fourth-order valence-electron chi connectivity index (χ4n) is 2.41. The van der Waals surface area contributed by atoms with Crippen LogP contribution in [0.5, 0.6) is 0 Å². The summed E-state index contributed by atoms with van der Waals surface area (Å²) in [6, 6.07) is 16.3. The number of amides is 3.